The van der Waals surface area contributed by atoms with Crippen LogP contribution in [0.5, 0.6) is 0 Å². The lowest BCUT2D eigenvalue weighted by Gasteiger charge is -2.13. The second-order valence-electron chi connectivity index (χ2n) is 6.50. The molecule has 0 atom stereocenters. The van der Waals surface area contributed by atoms with Crippen molar-refractivity contribution in [1.82, 2.24) is 4.57 Å². The molecule has 3 aromatic rings. The summed E-state index contributed by atoms with van der Waals surface area (Å²) in [6.07, 6.45) is 0. The van der Waals surface area contributed by atoms with Crippen LogP contribution in [0.4, 0.5) is 5.82 Å². The number of anilines is 1. The predicted octanol–water partition coefficient (Wildman–Crippen LogP) is 2.00. The molecule has 11 heteroatoms. The summed E-state index contributed by atoms with van der Waals surface area (Å²) in [5.41, 5.74) is 2.48. The van der Waals surface area contributed by atoms with Gasteiger partial charge in [-0.05, 0) is 43.7 Å². The Bertz CT molecular complexity index is 1300. The van der Waals surface area contributed by atoms with Gasteiger partial charge in [-0.3, -0.25) is 9.36 Å². The van der Waals surface area contributed by atoms with E-state index in [1.165, 1.54) is 0 Å². The van der Waals surface area contributed by atoms with Crippen molar-refractivity contribution >= 4 is 27.7 Å². The summed E-state index contributed by atoms with van der Waals surface area (Å²) in [4.78, 5) is 24.4. The third-order valence-electron chi connectivity index (χ3n) is 4.49. The van der Waals surface area contributed by atoms with Crippen LogP contribution < -0.4 is 10.5 Å². The highest BCUT2D eigenvalue weighted by atomic mass is 32.2. The number of hydrogen-bond donors (Lipinski definition) is 2. The second kappa shape index (κ2) is 8.47. The average molecular weight is 442 g/mol. The lowest BCUT2D eigenvalue weighted by atomic mass is 10.2. The van der Waals surface area contributed by atoms with Crippen LogP contribution >= 0.6 is 0 Å². The third-order valence-corrected chi connectivity index (χ3v) is 5.28. The summed E-state index contributed by atoms with van der Waals surface area (Å²) in [7, 11) is -4.12. The number of aromatic nitrogens is 1. The molecular weight excluding hydrogens is 424 g/mol. The monoisotopic (exact) mass is 442 g/mol. The van der Waals surface area contributed by atoms with Crippen LogP contribution in [0.3, 0.4) is 0 Å². The molecule has 0 bridgehead atoms. The van der Waals surface area contributed by atoms with Crippen LogP contribution in [0.25, 0.3) is 5.69 Å². The van der Waals surface area contributed by atoms with E-state index in [-0.39, 0.29) is 11.4 Å². The molecule has 0 fully saturated rings. The first-order chi connectivity index (χ1) is 14.6. The quantitative estimate of drug-likeness (QED) is 0.553. The largest absolute Gasteiger partial charge is 0.450 e. The van der Waals surface area contributed by atoms with Gasteiger partial charge >= 0.3 is 5.97 Å². The Morgan fingerprint density at radius 3 is 2.45 bits per heavy atom. The lowest BCUT2D eigenvalue weighted by molar-refractivity contribution is -0.119. The molecule has 10 nitrogen and oxygen atoms in total. The normalized spacial score (nSPS) is 11.0. The SMILES string of the molecule is Cc1c(C#N)c(NC(=O)COC(=O)c2ccc(S(N)(=O)=O)o2)n(-c2ccccc2)c1C. The molecule has 1 aromatic carbocycles. The van der Waals surface area contributed by atoms with Gasteiger partial charge in [0, 0.05) is 11.4 Å². The van der Waals surface area contributed by atoms with Gasteiger partial charge in [0.2, 0.25) is 10.9 Å². The molecule has 0 unspecified atom stereocenters. The first kappa shape index (κ1) is 21.8. The van der Waals surface area contributed by atoms with Crippen molar-refractivity contribution in [2.75, 3.05) is 11.9 Å². The number of ether oxygens (including phenoxy) is 1. The number of carbonyl (C=O) groups excluding carboxylic acids is 2. The van der Waals surface area contributed by atoms with Crippen LogP contribution in [-0.2, 0) is 19.6 Å². The Balaban J connectivity index is 1.78. The van der Waals surface area contributed by atoms with Crippen molar-refractivity contribution < 1.29 is 27.2 Å². The average Bonchev–Trinajstić information content (AvgIpc) is 3.31. The molecular formula is C20H18N4O6S. The lowest BCUT2D eigenvalue weighted by Crippen LogP contribution is -2.22. The van der Waals surface area contributed by atoms with Gasteiger partial charge in [0.15, 0.2) is 6.61 Å². The number of nitrogens with two attached hydrogens (primary N) is 1. The van der Waals surface area contributed by atoms with Crippen molar-refractivity contribution in [2.45, 2.75) is 18.9 Å². The highest BCUT2D eigenvalue weighted by molar-refractivity contribution is 7.89. The number of nitriles is 1. The van der Waals surface area contributed by atoms with Crippen LogP contribution in [0, 0.1) is 25.2 Å². The number of para-hydroxylation sites is 1. The van der Waals surface area contributed by atoms with E-state index >= 15 is 0 Å². The number of furan rings is 1. The summed E-state index contributed by atoms with van der Waals surface area (Å²) >= 11 is 0. The number of sulfonamides is 1. The van der Waals surface area contributed by atoms with Crippen molar-refractivity contribution in [2.24, 2.45) is 5.14 Å². The minimum atomic E-state index is -4.12. The molecule has 0 aliphatic carbocycles. The number of carbonyl (C=O) groups is 2. The molecule has 0 radical (unpaired) electrons. The molecule has 0 aliphatic heterocycles. The Labute approximate surface area is 177 Å². The third kappa shape index (κ3) is 4.50. The zero-order valence-corrected chi connectivity index (χ0v) is 17.4. The number of hydrogen-bond acceptors (Lipinski definition) is 7. The molecule has 0 saturated heterocycles. The minimum absolute atomic E-state index is 0.249. The smallest absolute Gasteiger partial charge is 0.374 e. The fourth-order valence-corrected chi connectivity index (χ4v) is 3.38. The standard InChI is InChI=1S/C20H18N4O6S/c1-12-13(2)24(14-6-4-3-5-7-14)19(15(12)10-21)23-17(25)11-29-20(26)16-8-9-18(30-16)31(22,27)28/h3-9H,11H2,1-2H3,(H,23,25)(H2,22,27,28). The van der Waals surface area contributed by atoms with E-state index in [0.29, 0.717) is 5.56 Å². The van der Waals surface area contributed by atoms with Gasteiger partial charge in [0.05, 0.1) is 5.56 Å². The highest BCUT2D eigenvalue weighted by Crippen LogP contribution is 2.29. The number of amides is 1. The number of esters is 1. The minimum Gasteiger partial charge on any atom is -0.450 e. The van der Waals surface area contributed by atoms with Crippen molar-refractivity contribution in [3.8, 4) is 11.8 Å². The van der Waals surface area contributed by atoms with E-state index in [2.05, 4.69) is 11.4 Å². The number of benzene rings is 1. The van der Waals surface area contributed by atoms with Gasteiger partial charge in [0.25, 0.3) is 15.9 Å². The van der Waals surface area contributed by atoms with Crippen molar-refractivity contribution in [3.05, 3.63) is 65.0 Å². The molecule has 3 rings (SSSR count). The predicted molar refractivity (Wildman–Crippen MR) is 109 cm³/mol. The van der Waals surface area contributed by atoms with Crippen LogP contribution in [-0.4, -0.2) is 31.5 Å². The topological polar surface area (TPSA) is 157 Å². The van der Waals surface area contributed by atoms with Crippen LogP contribution in [0.1, 0.15) is 27.4 Å². The Kier molecular flexibility index (Phi) is 5.96. The summed E-state index contributed by atoms with van der Waals surface area (Å²) in [5.74, 6) is -1.91. The fraction of sp³-hybridized carbons (Fsp3) is 0.150. The van der Waals surface area contributed by atoms with Gasteiger partial charge in [-0.2, -0.15) is 5.26 Å². The number of nitrogens with one attached hydrogen (secondary N) is 1. The molecule has 2 heterocycles. The molecule has 160 valence electrons. The zero-order chi connectivity index (χ0) is 22.8. The van der Waals surface area contributed by atoms with E-state index in [1.54, 1.807) is 11.5 Å². The second-order valence-corrected chi connectivity index (χ2v) is 8.00. The van der Waals surface area contributed by atoms with Gasteiger partial charge in [0.1, 0.15) is 11.9 Å². The summed E-state index contributed by atoms with van der Waals surface area (Å²) in [6, 6.07) is 13.3. The summed E-state index contributed by atoms with van der Waals surface area (Å²) in [5, 5.41) is 16.5. The van der Waals surface area contributed by atoms with E-state index in [4.69, 9.17) is 14.3 Å². The van der Waals surface area contributed by atoms with Gasteiger partial charge in [-0.25, -0.2) is 18.4 Å². The molecule has 2 aromatic heterocycles. The fourth-order valence-electron chi connectivity index (χ4n) is 2.91. The number of rotatable bonds is 6. The molecule has 0 aliphatic rings. The van der Waals surface area contributed by atoms with Crippen LogP contribution in [0.15, 0.2) is 52.0 Å². The molecule has 0 spiro atoms. The Hall–Kier alpha value is -3.88. The summed E-state index contributed by atoms with van der Waals surface area (Å²) in [6.45, 7) is 2.90. The number of nitrogens with zero attached hydrogens (tertiary/aromatic N) is 2. The zero-order valence-electron chi connectivity index (χ0n) is 16.6. The Morgan fingerprint density at radius 2 is 1.87 bits per heavy atom. The maximum atomic E-state index is 12.4. The van der Waals surface area contributed by atoms with E-state index in [1.807, 2.05) is 37.3 Å². The molecule has 31 heavy (non-hydrogen) atoms. The van der Waals surface area contributed by atoms with E-state index in [9.17, 15) is 23.3 Å². The van der Waals surface area contributed by atoms with E-state index < -0.39 is 39.4 Å². The van der Waals surface area contributed by atoms with Crippen molar-refractivity contribution in [1.29, 1.82) is 5.26 Å². The number of primary sulfonamides is 1. The Morgan fingerprint density at radius 1 is 1.19 bits per heavy atom. The van der Waals surface area contributed by atoms with Gasteiger partial charge in [-0.15, -0.1) is 0 Å². The first-order valence-electron chi connectivity index (χ1n) is 8.90. The maximum absolute atomic E-state index is 12.4. The highest BCUT2D eigenvalue weighted by Gasteiger charge is 2.22. The van der Waals surface area contributed by atoms with Crippen LogP contribution in [0.2, 0.25) is 0 Å². The van der Waals surface area contributed by atoms with Gasteiger partial charge in [-0.1, -0.05) is 18.2 Å². The van der Waals surface area contributed by atoms with Crippen molar-refractivity contribution in [3.63, 3.8) is 0 Å². The van der Waals surface area contributed by atoms with Gasteiger partial charge < -0.3 is 14.5 Å². The first-order valence-corrected chi connectivity index (χ1v) is 10.4. The molecule has 1 amide bonds. The van der Waals surface area contributed by atoms with E-state index in [0.717, 1.165) is 23.5 Å². The molecule has 0 saturated carbocycles. The molecule has 3 N–H and O–H groups in total. The maximum Gasteiger partial charge on any atom is 0.374 e. The summed E-state index contributed by atoms with van der Waals surface area (Å²) < 4.78 is 33.9.